The average Bonchev–Trinajstić information content (AvgIpc) is 3.14. The number of carbonyl (C=O) groups excluding carboxylic acids is 1. The van der Waals surface area contributed by atoms with Crippen LogP contribution >= 0.6 is 0 Å². The first-order valence-corrected chi connectivity index (χ1v) is 7.57. The zero-order chi connectivity index (χ0) is 16.9. The summed E-state index contributed by atoms with van der Waals surface area (Å²) in [6.07, 6.45) is 3.66. The first-order chi connectivity index (χ1) is 11.7. The quantitative estimate of drug-likeness (QED) is 0.731. The van der Waals surface area contributed by atoms with E-state index in [4.69, 9.17) is 4.74 Å². The molecule has 0 spiro atoms. The normalized spacial score (nSPS) is 10.4. The number of ether oxygens (including phenoxy) is 1. The van der Waals surface area contributed by atoms with Crippen molar-refractivity contribution in [1.82, 2.24) is 14.8 Å². The highest BCUT2D eigenvalue weighted by molar-refractivity contribution is 5.90. The van der Waals surface area contributed by atoms with Crippen molar-refractivity contribution in [2.75, 3.05) is 12.4 Å². The minimum Gasteiger partial charge on any atom is -0.465 e. The fourth-order valence-corrected chi connectivity index (χ4v) is 2.47. The first-order valence-electron chi connectivity index (χ1n) is 7.57. The van der Waals surface area contributed by atoms with Gasteiger partial charge in [0.1, 0.15) is 5.82 Å². The van der Waals surface area contributed by atoms with Crippen LogP contribution in [-0.2, 0) is 11.3 Å². The number of para-hydroxylation sites is 1. The number of nitrogens with one attached hydrogen (secondary N) is 1. The molecule has 6 heteroatoms. The predicted molar refractivity (Wildman–Crippen MR) is 91.2 cm³/mol. The van der Waals surface area contributed by atoms with Gasteiger partial charge in [-0.25, -0.2) is 14.5 Å². The topological polar surface area (TPSA) is 69.0 Å². The molecule has 122 valence electrons. The van der Waals surface area contributed by atoms with Crippen LogP contribution in [0.3, 0.4) is 0 Å². The van der Waals surface area contributed by atoms with Crippen LogP contribution in [0.1, 0.15) is 21.6 Å². The van der Waals surface area contributed by atoms with Crippen LogP contribution in [0.15, 0.2) is 54.9 Å². The van der Waals surface area contributed by atoms with E-state index in [9.17, 15) is 4.79 Å². The molecule has 0 saturated carbocycles. The minimum atomic E-state index is -0.379. The van der Waals surface area contributed by atoms with Gasteiger partial charge in [0, 0.05) is 18.9 Å². The van der Waals surface area contributed by atoms with E-state index in [0.29, 0.717) is 23.6 Å². The molecule has 3 aromatic rings. The van der Waals surface area contributed by atoms with Crippen molar-refractivity contribution in [3.63, 3.8) is 0 Å². The van der Waals surface area contributed by atoms with Gasteiger partial charge < -0.3 is 10.1 Å². The Morgan fingerprint density at radius 1 is 1.21 bits per heavy atom. The third-order valence-electron chi connectivity index (χ3n) is 3.69. The van der Waals surface area contributed by atoms with Crippen LogP contribution in [-0.4, -0.2) is 27.8 Å². The second-order valence-electron chi connectivity index (χ2n) is 5.25. The van der Waals surface area contributed by atoms with Gasteiger partial charge in [-0.2, -0.15) is 5.10 Å². The Hall–Kier alpha value is -3.15. The molecule has 6 nitrogen and oxygen atoms in total. The molecule has 1 N–H and O–H groups in total. The van der Waals surface area contributed by atoms with Crippen LogP contribution in [0.5, 0.6) is 0 Å². The molecule has 0 aliphatic rings. The van der Waals surface area contributed by atoms with Crippen molar-refractivity contribution in [2.24, 2.45) is 0 Å². The maximum atomic E-state index is 11.6. The molecule has 0 radical (unpaired) electrons. The van der Waals surface area contributed by atoms with Gasteiger partial charge in [0.2, 0.25) is 0 Å². The third kappa shape index (κ3) is 3.27. The van der Waals surface area contributed by atoms with Gasteiger partial charge in [-0.3, -0.25) is 0 Å². The van der Waals surface area contributed by atoms with Gasteiger partial charge in [-0.05, 0) is 36.8 Å². The van der Waals surface area contributed by atoms with E-state index in [1.54, 1.807) is 25.3 Å². The molecular weight excluding hydrogens is 304 g/mol. The highest BCUT2D eigenvalue weighted by Gasteiger charge is 2.11. The Kier molecular flexibility index (Phi) is 4.56. The molecule has 0 aliphatic heterocycles. The fourth-order valence-electron chi connectivity index (χ4n) is 2.47. The van der Waals surface area contributed by atoms with E-state index in [1.807, 2.05) is 41.2 Å². The van der Waals surface area contributed by atoms with Gasteiger partial charge in [-0.15, -0.1) is 0 Å². The number of anilines is 1. The molecule has 0 bridgehead atoms. The van der Waals surface area contributed by atoms with E-state index >= 15 is 0 Å². The second-order valence-corrected chi connectivity index (χ2v) is 5.25. The van der Waals surface area contributed by atoms with E-state index in [-0.39, 0.29) is 5.97 Å². The van der Waals surface area contributed by atoms with Crippen LogP contribution in [0.4, 0.5) is 5.82 Å². The summed E-state index contributed by atoms with van der Waals surface area (Å²) in [6.45, 7) is 2.38. The molecule has 0 saturated heterocycles. The largest absolute Gasteiger partial charge is 0.465 e. The van der Waals surface area contributed by atoms with Crippen LogP contribution in [0.2, 0.25) is 0 Å². The number of benzene rings is 1. The van der Waals surface area contributed by atoms with Gasteiger partial charge >= 0.3 is 5.97 Å². The standard InChI is InChI=1S/C18H18N4O2/c1-13-15(18(23)24-2)8-9-17(21-13)19-12-14-6-3-4-7-16(14)22-11-5-10-20-22/h3-11H,12H2,1-2H3,(H,19,21). The number of nitrogens with zero attached hydrogens (tertiary/aromatic N) is 3. The SMILES string of the molecule is COC(=O)c1ccc(NCc2ccccc2-n2cccn2)nc1C. The van der Waals surface area contributed by atoms with E-state index in [2.05, 4.69) is 15.4 Å². The summed E-state index contributed by atoms with van der Waals surface area (Å²) in [7, 11) is 1.36. The summed E-state index contributed by atoms with van der Waals surface area (Å²) >= 11 is 0. The van der Waals surface area contributed by atoms with E-state index in [1.165, 1.54) is 7.11 Å². The molecule has 24 heavy (non-hydrogen) atoms. The van der Waals surface area contributed by atoms with Crippen LogP contribution < -0.4 is 5.32 Å². The molecule has 1 aromatic carbocycles. The summed E-state index contributed by atoms with van der Waals surface area (Å²) in [4.78, 5) is 16.0. The van der Waals surface area contributed by atoms with Crippen LogP contribution in [0, 0.1) is 6.92 Å². The molecule has 0 aliphatic carbocycles. The number of hydrogen-bond acceptors (Lipinski definition) is 5. The minimum absolute atomic E-state index is 0.379. The maximum Gasteiger partial charge on any atom is 0.339 e. The van der Waals surface area contributed by atoms with Gasteiger partial charge in [0.05, 0.1) is 24.1 Å². The lowest BCUT2D eigenvalue weighted by atomic mass is 10.1. The molecule has 2 aromatic heterocycles. The Labute approximate surface area is 140 Å². The summed E-state index contributed by atoms with van der Waals surface area (Å²) in [6, 6.07) is 13.4. The van der Waals surface area contributed by atoms with Crippen LogP contribution in [0.25, 0.3) is 5.69 Å². The number of aromatic nitrogens is 3. The lowest BCUT2D eigenvalue weighted by Gasteiger charge is -2.12. The van der Waals surface area contributed by atoms with Crippen molar-refractivity contribution in [1.29, 1.82) is 0 Å². The lowest BCUT2D eigenvalue weighted by molar-refractivity contribution is 0.0599. The Bertz CT molecular complexity index is 844. The number of aryl methyl sites for hydroxylation is 1. The number of hydrogen-bond donors (Lipinski definition) is 1. The highest BCUT2D eigenvalue weighted by Crippen LogP contribution is 2.16. The molecule has 0 amide bonds. The van der Waals surface area contributed by atoms with Crippen molar-refractivity contribution >= 4 is 11.8 Å². The van der Waals surface area contributed by atoms with E-state index in [0.717, 1.165) is 11.3 Å². The first kappa shape index (κ1) is 15.7. The molecule has 3 rings (SSSR count). The fraction of sp³-hybridized carbons (Fsp3) is 0.167. The second kappa shape index (κ2) is 6.95. The number of pyridine rings is 1. The van der Waals surface area contributed by atoms with Crippen molar-refractivity contribution in [3.05, 3.63) is 71.7 Å². The smallest absolute Gasteiger partial charge is 0.339 e. The molecule has 2 heterocycles. The highest BCUT2D eigenvalue weighted by atomic mass is 16.5. The zero-order valence-electron chi connectivity index (χ0n) is 13.6. The summed E-state index contributed by atoms with van der Waals surface area (Å²) in [5, 5.41) is 7.56. The van der Waals surface area contributed by atoms with Gasteiger partial charge in [0.25, 0.3) is 0 Å². The number of esters is 1. The molecule has 0 atom stereocenters. The average molecular weight is 322 g/mol. The number of carbonyl (C=O) groups is 1. The van der Waals surface area contributed by atoms with Crippen molar-refractivity contribution in [2.45, 2.75) is 13.5 Å². The molecule has 0 unspecified atom stereocenters. The van der Waals surface area contributed by atoms with Gasteiger partial charge in [0.15, 0.2) is 0 Å². The maximum absolute atomic E-state index is 11.6. The van der Waals surface area contributed by atoms with Crippen molar-refractivity contribution in [3.8, 4) is 5.69 Å². The van der Waals surface area contributed by atoms with E-state index < -0.39 is 0 Å². The zero-order valence-corrected chi connectivity index (χ0v) is 13.6. The molecule has 0 fully saturated rings. The number of methoxy groups -OCH3 is 1. The number of rotatable bonds is 5. The van der Waals surface area contributed by atoms with Gasteiger partial charge in [-0.1, -0.05) is 18.2 Å². The summed E-state index contributed by atoms with van der Waals surface area (Å²) in [5.41, 5.74) is 3.21. The Morgan fingerprint density at radius 2 is 2.04 bits per heavy atom. The predicted octanol–water partition coefficient (Wildman–Crippen LogP) is 2.97. The Balaban J connectivity index is 1.77. The summed E-state index contributed by atoms with van der Waals surface area (Å²) < 4.78 is 6.56. The lowest BCUT2D eigenvalue weighted by Crippen LogP contribution is -2.09. The van der Waals surface area contributed by atoms with Crippen molar-refractivity contribution < 1.29 is 9.53 Å². The third-order valence-corrected chi connectivity index (χ3v) is 3.69. The monoisotopic (exact) mass is 322 g/mol. The summed E-state index contributed by atoms with van der Waals surface area (Å²) in [5.74, 6) is 0.325. The Morgan fingerprint density at radius 3 is 2.75 bits per heavy atom. The molecular formula is C18H18N4O2.